The van der Waals surface area contributed by atoms with Gasteiger partial charge < -0.3 is 9.84 Å². The third-order valence-electron chi connectivity index (χ3n) is 2.91. The first kappa shape index (κ1) is 13.1. The maximum atomic E-state index is 11.6. The van der Waals surface area contributed by atoms with E-state index in [1.807, 2.05) is 0 Å². The number of hydrogen-bond donors (Lipinski definition) is 2. The molecule has 0 radical (unpaired) electrons. The summed E-state index contributed by atoms with van der Waals surface area (Å²) in [5.41, 5.74) is -0.634. The average molecular weight is 272 g/mol. The van der Waals surface area contributed by atoms with Gasteiger partial charge >= 0.3 is 5.69 Å². The average Bonchev–Trinajstić information content (AvgIpc) is 2.66. The van der Waals surface area contributed by atoms with Crippen molar-refractivity contribution in [1.29, 1.82) is 0 Å². The molecule has 1 aliphatic heterocycles. The van der Waals surface area contributed by atoms with Crippen molar-refractivity contribution in [3.63, 3.8) is 0 Å². The molecule has 7 nitrogen and oxygen atoms in total. The smallest absolute Gasteiger partial charge is 0.330 e. The van der Waals surface area contributed by atoms with E-state index < -0.39 is 29.7 Å². The zero-order valence-electron chi connectivity index (χ0n) is 9.70. The highest BCUT2D eigenvalue weighted by atomic mass is 31.1. The lowest BCUT2D eigenvalue weighted by atomic mass is 10.2. The van der Waals surface area contributed by atoms with Crippen LogP contribution in [0.3, 0.4) is 0 Å². The van der Waals surface area contributed by atoms with Gasteiger partial charge in [0.2, 0.25) is 0 Å². The third-order valence-corrected chi connectivity index (χ3v) is 3.42. The number of aliphatic hydroxyl groups excluding tert-OH is 1. The van der Waals surface area contributed by atoms with Gasteiger partial charge in [0.1, 0.15) is 6.23 Å². The van der Waals surface area contributed by atoms with Gasteiger partial charge in [-0.25, -0.2) is 4.79 Å². The second-order valence-corrected chi connectivity index (χ2v) is 4.85. The first-order valence-electron chi connectivity index (χ1n) is 5.47. The van der Waals surface area contributed by atoms with E-state index in [4.69, 9.17) is 4.74 Å². The zero-order valence-corrected chi connectivity index (χ0v) is 10.6. The molecular weight excluding hydrogens is 259 g/mol. The highest BCUT2D eigenvalue weighted by molar-refractivity contribution is 7.23. The van der Waals surface area contributed by atoms with Gasteiger partial charge in [-0.2, -0.15) is 0 Å². The van der Waals surface area contributed by atoms with Gasteiger partial charge in [-0.15, -0.1) is 0 Å². The lowest BCUT2D eigenvalue weighted by Crippen LogP contribution is -2.33. The van der Waals surface area contributed by atoms with Gasteiger partial charge in [0.15, 0.2) is 8.46 Å². The van der Waals surface area contributed by atoms with Gasteiger partial charge in [0.25, 0.3) is 5.56 Å². The standard InChI is InChI=1S/C10H13N2O5P/c1-5-3-12(10(15)11-9(5)14)8-2-6(13)7(17-8)4-18-16/h3,6-8,13H,2,4H2,1H3,(H,11,14,15)/t6?,7-,8-/m1/s1. The Morgan fingerprint density at radius 3 is 3.00 bits per heavy atom. The Morgan fingerprint density at radius 2 is 2.33 bits per heavy atom. The molecule has 1 saturated heterocycles. The van der Waals surface area contributed by atoms with Crippen molar-refractivity contribution >= 4 is 8.46 Å². The fourth-order valence-electron chi connectivity index (χ4n) is 1.92. The van der Waals surface area contributed by atoms with Crippen LogP contribution in [-0.4, -0.2) is 33.0 Å². The Bertz CT molecular complexity index is 566. The van der Waals surface area contributed by atoms with Crippen molar-refractivity contribution in [2.24, 2.45) is 0 Å². The van der Waals surface area contributed by atoms with Gasteiger partial charge in [0, 0.05) is 18.2 Å². The van der Waals surface area contributed by atoms with Crippen LogP contribution in [0.25, 0.3) is 0 Å². The van der Waals surface area contributed by atoms with Crippen molar-refractivity contribution < 1.29 is 14.4 Å². The third kappa shape index (κ3) is 2.43. The van der Waals surface area contributed by atoms with Crippen molar-refractivity contribution in [2.75, 3.05) is 6.16 Å². The van der Waals surface area contributed by atoms with Crippen LogP contribution in [0.1, 0.15) is 18.2 Å². The van der Waals surface area contributed by atoms with E-state index in [0.717, 1.165) is 0 Å². The maximum Gasteiger partial charge on any atom is 0.330 e. The predicted octanol–water partition coefficient (Wildman–Crippen LogP) is -0.215. The van der Waals surface area contributed by atoms with Crippen LogP contribution in [0.15, 0.2) is 15.8 Å². The minimum atomic E-state index is -0.768. The summed E-state index contributed by atoms with van der Waals surface area (Å²) in [7, 11) is -0.116. The summed E-state index contributed by atoms with van der Waals surface area (Å²) in [5.74, 6) is 0. The number of hydrogen-bond acceptors (Lipinski definition) is 5. The molecule has 2 heterocycles. The molecule has 3 atom stereocenters. The minimum absolute atomic E-state index is 0.116. The zero-order chi connectivity index (χ0) is 13.3. The Labute approximate surface area is 104 Å². The molecule has 0 aliphatic carbocycles. The van der Waals surface area contributed by atoms with Crippen molar-refractivity contribution in [3.8, 4) is 0 Å². The molecule has 8 heteroatoms. The number of nitrogens with zero attached hydrogens (tertiary/aromatic N) is 1. The topological polar surface area (TPSA) is 101 Å². The van der Waals surface area contributed by atoms with E-state index in [0.29, 0.717) is 5.56 Å². The van der Waals surface area contributed by atoms with Crippen LogP contribution in [0.2, 0.25) is 0 Å². The first-order chi connectivity index (χ1) is 8.52. The first-order valence-corrected chi connectivity index (χ1v) is 6.47. The number of ether oxygens (including phenoxy) is 1. The number of H-pyrrole nitrogens is 1. The van der Waals surface area contributed by atoms with E-state index in [2.05, 4.69) is 4.98 Å². The minimum Gasteiger partial charge on any atom is -0.390 e. The summed E-state index contributed by atoms with van der Waals surface area (Å²) < 4.78 is 17.2. The Hall–Kier alpha value is -1.30. The van der Waals surface area contributed by atoms with Crippen molar-refractivity contribution in [2.45, 2.75) is 31.8 Å². The van der Waals surface area contributed by atoms with Crippen LogP contribution in [0, 0.1) is 6.92 Å². The molecule has 1 aromatic rings. The number of aromatic amines is 1. The maximum absolute atomic E-state index is 11.6. The fourth-order valence-corrected chi connectivity index (χ4v) is 2.40. The molecule has 2 rings (SSSR count). The normalized spacial score (nSPS) is 27.8. The molecule has 0 amide bonds. The molecular formula is C10H13N2O5P. The van der Waals surface area contributed by atoms with E-state index in [-0.39, 0.29) is 21.0 Å². The quantitative estimate of drug-likeness (QED) is 0.741. The van der Waals surface area contributed by atoms with Crippen LogP contribution in [0.4, 0.5) is 0 Å². The number of aryl methyl sites for hydroxylation is 1. The summed E-state index contributed by atoms with van der Waals surface area (Å²) in [6, 6.07) is 0. The molecule has 2 N–H and O–H groups in total. The molecule has 1 aromatic heterocycles. The van der Waals surface area contributed by atoms with Gasteiger partial charge in [0.05, 0.1) is 18.4 Å². The molecule has 18 heavy (non-hydrogen) atoms. The summed E-state index contributed by atoms with van der Waals surface area (Å²) >= 11 is 0. The summed E-state index contributed by atoms with van der Waals surface area (Å²) in [6.45, 7) is 1.58. The number of nitrogens with one attached hydrogen (secondary N) is 1. The number of rotatable bonds is 3. The van der Waals surface area contributed by atoms with E-state index in [1.54, 1.807) is 6.92 Å². The van der Waals surface area contributed by atoms with Crippen molar-refractivity contribution in [1.82, 2.24) is 9.55 Å². The summed E-state index contributed by atoms with van der Waals surface area (Å²) in [5, 5.41) is 9.71. The molecule has 0 bridgehead atoms. The Kier molecular flexibility index (Phi) is 3.75. The van der Waals surface area contributed by atoms with Crippen LogP contribution in [0.5, 0.6) is 0 Å². The SMILES string of the molecule is Cc1cn([C@H]2CC(O)[C@@H](CP=O)O2)c(=O)[nH]c1=O. The van der Waals surface area contributed by atoms with Crippen LogP contribution < -0.4 is 11.2 Å². The monoisotopic (exact) mass is 272 g/mol. The second-order valence-electron chi connectivity index (χ2n) is 4.22. The van der Waals surface area contributed by atoms with Crippen LogP contribution >= 0.6 is 8.46 Å². The Balaban J connectivity index is 2.29. The molecule has 0 spiro atoms. The van der Waals surface area contributed by atoms with Crippen molar-refractivity contribution in [3.05, 3.63) is 32.6 Å². The molecule has 98 valence electrons. The number of aromatic nitrogens is 2. The lowest BCUT2D eigenvalue weighted by molar-refractivity contribution is -0.00810. The van der Waals surface area contributed by atoms with E-state index in [1.165, 1.54) is 10.8 Å². The fraction of sp³-hybridized carbons (Fsp3) is 0.600. The van der Waals surface area contributed by atoms with Gasteiger partial charge in [-0.05, 0) is 6.92 Å². The van der Waals surface area contributed by atoms with Gasteiger partial charge in [-0.1, -0.05) is 0 Å². The summed E-state index contributed by atoms with van der Waals surface area (Å²) in [4.78, 5) is 25.0. The molecule has 0 aromatic carbocycles. The molecule has 1 aliphatic rings. The summed E-state index contributed by atoms with van der Waals surface area (Å²) in [6.07, 6.45) is -0.172. The molecule has 0 saturated carbocycles. The molecule has 1 unspecified atom stereocenters. The van der Waals surface area contributed by atoms with E-state index >= 15 is 0 Å². The molecule has 1 fully saturated rings. The van der Waals surface area contributed by atoms with Gasteiger partial charge in [-0.3, -0.25) is 18.9 Å². The van der Waals surface area contributed by atoms with E-state index in [9.17, 15) is 19.3 Å². The highest BCUT2D eigenvalue weighted by Gasteiger charge is 2.35. The largest absolute Gasteiger partial charge is 0.390 e. The lowest BCUT2D eigenvalue weighted by Gasteiger charge is -2.14. The van der Waals surface area contributed by atoms with Crippen LogP contribution in [-0.2, 0) is 9.30 Å². The second kappa shape index (κ2) is 5.14. The Morgan fingerprint density at radius 1 is 1.61 bits per heavy atom. The number of aliphatic hydroxyl groups is 1. The highest BCUT2D eigenvalue weighted by Crippen LogP contribution is 2.29. The predicted molar refractivity (Wildman–Crippen MR) is 63.1 cm³/mol.